The lowest BCUT2D eigenvalue weighted by Gasteiger charge is -2.23. The highest BCUT2D eigenvalue weighted by molar-refractivity contribution is 6.89. The highest BCUT2D eigenvalue weighted by atomic mass is 28.3. The summed E-state index contributed by atoms with van der Waals surface area (Å²) in [7, 11) is -1.35. The first kappa shape index (κ1) is 33.0. The van der Waals surface area contributed by atoms with Crippen LogP contribution in [0.5, 0.6) is 5.75 Å². The Bertz CT molecular complexity index is 1470. The molecule has 0 radical (unpaired) electrons. The number of carbonyl (C=O) groups is 1. The zero-order valence-corrected chi connectivity index (χ0v) is 27.5. The van der Waals surface area contributed by atoms with E-state index in [-0.39, 0.29) is 12.2 Å². The molecule has 0 spiro atoms. The molecule has 0 heterocycles. The maximum Gasteiger partial charge on any atom is 0.335 e. The molecule has 4 rings (SSSR count). The fraction of sp³-hybridized carbons (Fsp3) is 0.308. The highest BCUT2D eigenvalue weighted by Crippen LogP contribution is 2.28. The second kappa shape index (κ2) is 16.2. The van der Waals surface area contributed by atoms with E-state index in [9.17, 15) is 4.79 Å². The molecule has 1 N–H and O–H groups in total. The predicted octanol–water partition coefficient (Wildman–Crippen LogP) is 9.04. The summed E-state index contributed by atoms with van der Waals surface area (Å²) in [4.78, 5) is 11.5. The van der Waals surface area contributed by atoms with Crippen LogP contribution in [0.15, 0.2) is 109 Å². The van der Waals surface area contributed by atoms with Gasteiger partial charge in [-0.3, -0.25) is 0 Å². The smallest absolute Gasteiger partial charge is 0.335 e. The van der Waals surface area contributed by atoms with Gasteiger partial charge in [0.05, 0.1) is 33.5 Å². The molecule has 0 aliphatic heterocycles. The molecule has 4 nitrogen and oxygen atoms in total. The lowest BCUT2D eigenvalue weighted by molar-refractivity contribution is -0.139. The van der Waals surface area contributed by atoms with Gasteiger partial charge in [0, 0.05) is 0 Å². The number of hydrogen-bond donors (Lipinski definition) is 1. The average Bonchev–Trinajstić information content (AvgIpc) is 3.07. The lowest BCUT2D eigenvalue weighted by Crippen LogP contribution is -2.40. The molecule has 0 unspecified atom stereocenters. The first-order valence-electron chi connectivity index (χ1n) is 15.8. The number of ether oxygens (including phenoxy) is 2. The summed E-state index contributed by atoms with van der Waals surface area (Å²) < 4.78 is 10.9. The van der Waals surface area contributed by atoms with E-state index in [0.29, 0.717) is 13.2 Å². The van der Waals surface area contributed by atoms with E-state index in [4.69, 9.17) is 14.6 Å². The Hall–Kier alpha value is -3.93. The number of aliphatic hydroxyl groups is 1. The summed E-state index contributed by atoms with van der Waals surface area (Å²) in [6.45, 7) is 11.3. The first-order chi connectivity index (χ1) is 21.3. The summed E-state index contributed by atoms with van der Waals surface area (Å²) >= 11 is 0. The number of unbranched alkanes of at least 4 members (excludes halogenated alkanes) is 3. The Morgan fingerprint density at radius 1 is 0.659 bits per heavy atom. The normalized spacial score (nSPS) is 11.3. The zero-order chi connectivity index (χ0) is 31.4. The van der Waals surface area contributed by atoms with Gasteiger partial charge < -0.3 is 14.6 Å². The molecule has 0 amide bonds. The van der Waals surface area contributed by atoms with E-state index in [1.54, 1.807) is 5.19 Å². The lowest BCUT2D eigenvalue weighted by atomic mass is 9.98. The Labute approximate surface area is 264 Å². The summed E-state index contributed by atoms with van der Waals surface area (Å²) in [5.74, 6) is 0.306. The van der Waals surface area contributed by atoms with Gasteiger partial charge in [0.2, 0.25) is 0 Å². The van der Waals surface area contributed by atoms with Crippen LogP contribution in [0.1, 0.15) is 39.0 Å². The third-order valence-electron chi connectivity index (χ3n) is 8.22. The van der Waals surface area contributed by atoms with Crippen LogP contribution in [0, 0.1) is 0 Å². The molecule has 5 heteroatoms. The minimum atomic E-state index is -1.35. The summed E-state index contributed by atoms with van der Waals surface area (Å²) in [5.41, 5.74) is 7.33. The van der Waals surface area contributed by atoms with Gasteiger partial charge in [-0.2, -0.15) is 0 Å². The van der Waals surface area contributed by atoms with Gasteiger partial charge in [-0.1, -0.05) is 136 Å². The Morgan fingerprint density at radius 2 is 1.09 bits per heavy atom. The summed E-state index contributed by atoms with van der Waals surface area (Å²) in [6, 6.07) is 36.4. The molecular formula is C39H46O4Si. The predicted molar refractivity (Wildman–Crippen MR) is 186 cm³/mol. The second-order valence-corrected chi connectivity index (χ2v) is 16.9. The van der Waals surface area contributed by atoms with E-state index in [2.05, 4.69) is 112 Å². The van der Waals surface area contributed by atoms with E-state index in [1.807, 2.05) is 12.1 Å². The van der Waals surface area contributed by atoms with E-state index in [1.165, 1.54) is 46.7 Å². The maximum absolute atomic E-state index is 11.5. The third-order valence-corrected chi connectivity index (χ3v) is 11.7. The average molecular weight is 607 g/mol. The van der Waals surface area contributed by atoms with Crippen LogP contribution in [0.4, 0.5) is 0 Å². The second-order valence-electron chi connectivity index (χ2n) is 12.1. The van der Waals surface area contributed by atoms with Crippen LogP contribution in [0.3, 0.4) is 0 Å². The fourth-order valence-electron chi connectivity index (χ4n) is 5.23. The molecule has 0 saturated carbocycles. The van der Waals surface area contributed by atoms with Crippen molar-refractivity contribution in [1.82, 2.24) is 0 Å². The number of aliphatic hydroxyl groups excluding tert-OH is 1. The SMILES string of the molecule is C=C(CO)C(=O)OCCCCCOc1ccc(-c2ccc(-c3ccc(-c4ccc([Si](C)(C)CCCC)cc4)cc3)cc2)cc1. The molecule has 0 aromatic heterocycles. The first-order valence-corrected chi connectivity index (χ1v) is 19.0. The Balaban J connectivity index is 1.25. The van der Waals surface area contributed by atoms with Gasteiger partial charge in [0.25, 0.3) is 0 Å². The molecular weight excluding hydrogens is 561 g/mol. The van der Waals surface area contributed by atoms with Crippen LogP contribution in [0.25, 0.3) is 33.4 Å². The third kappa shape index (κ3) is 9.28. The molecule has 0 aliphatic carbocycles. The molecule has 0 atom stereocenters. The Morgan fingerprint density at radius 3 is 1.55 bits per heavy atom. The van der Waals surface area contributed by atoms with E-state index in [0.717, 1.165) is 30.6 Å². The van der Waals surface area contributed by atoms with E-state index < -0.39 is 14.0 Å². The fourth-order valence-corrected chi connectivity index (χ4v) is 7.83. The van der Waals surface area contributed by atoms with Gasteiger partial charge >= 0.3 is 5.97 Å². The van der Waals surface area contributed by atoms with Gasteiger partial charge in [-0.25, -0.2) is 4.79 Å². The van der Waals surface area contributed by atoms with Gasteiger partial charge in [0.15, 0.2) is 0 Å². The van der Waals surface area contributed by atoms with Crippen molar-refractivity contribution in [3.63, 3.8) is 0 Å². The standard InChI is InChI=1S/C39H46O4Si/c1-5-6-28-44(3,4)38-24-20-36(21-25-38)34-16-12-32(13-17-34)31-10-14-33(15-11-31)35-18-22-37(23-19-35)42-26-8-7-9-27-43-39(41)30(2)29-40/h10-25,40H,2,5-9,26-29H2,1,3-4H3. The Kier molecular flexibility index (Phi) is 12.2. The molecule has 0 saturated heterocycles. The van der Waals surface area contributed by atoms with Crippen molar-refractivity contribution in [3.05, 3.63) is 109 Å². The summed E-state index contributed by atoms with van der Waals surface area (Å²) in [6.07, 6.45) is 5.09. The highest BCUT2D eigenvalue weighted by Gasteiger charge is 2.22. The van der Waals surface area contributed by atoms with Crippen molar-refractivity contribution in [2.24, 2.45) is 0 Å². The molecule has 230 valence electrons. The summed E-state index contributed by atoms with van der Waals surface area (Å²) in [5, 5.41) is 10.4. The van der Waals surface area contributed by atoms with Crippen LogP contribution >= 0.6 is 0 Å². The maximum atomic E-state index is 11.5. The minimum Gasteiger partial charge on any atom is -0.494 e. The van der Waals surface area contributed by atoms with Crippen molar-refractivity contribution in [2.75, 3.05) is 19.8 Å². The topological polar surface area (TPSA) is 55.8 Å². The molecule has 0 bridgehead atoms. The van der Waals surface area contributed by atoms with Crippen molar-refractivity contribution in [2.45, 2.75) is 58.2 Å². The number of carbonyl (C=O) groups excluding carboxylic acids is 1. The molecule has 0 aliphatic rings. The van der Waals surface area contributed by atoms with Crippen LogP contribution in [-0.2, 0) is 9.53 Å². The minimum absolute atomic E-state index is 0.0815. The quantitative estimate of drug-likeness (QED) is 0.0598. The number of benzene rings is 4. The van der Waals surface area contributed by atoms with Crippen molar-refractivity contribution >= 4 is 19.2 Å². The number of rotatable bonds is 16. The monoisotopic (exact) mass is 606 g/mol. The number of hydrogen-bond acceptors (Lipinski definition) is 4. The number of esters is 1. The molecule has 4 aromatic rings. The van der Waals surface area contributed by atoms with Crippen LogP contribution < -0.4 is 9.92 Å². The van der Waals surface area contributed by atoms with E-state index >= 15 is 0 Å². The van der Waals surface area contributed by atoms with Gasteiger partial charge in [0.1, 0.15) is 5.75 Å². The van der Waals surface area contributed by atoms with Crippen molar-refractivity contribution < 1.29 is 19.4 Å². The van der Waals surface area contributed by atoms with Crippen LogP contribution in [-0.4, -0.2) is 39.0 Å². The molecule has 44 heavy (non-hydrogen) atoms. The molecule has 0 fully saturated rings. The molecule has 4 aromatic carbocycles. The van der Waals surface area contributed by atoms with Gasteiger partial charge in [-0.15, -0.1) is 0 Å². The largest absolute Gasteiger partial charge is 0.494 e. The van der Waals surface area contributed by atoms with Gasteiger partial charge in [-0.05, 0) is 64.8 Å². The van der Waals surface area contributed by atoms with Crippen LogP contribution in [0.2, 0.25) is 19.1 Å². The zero-order valence-electron chi connectivity index (χ0n) is 26.5. The van der Waals surface area contributed by atoms with Crippen molar-refractivity contribution in [1.29, 1.82) is 0 Å². The van der Waals surface area contributed by atoms with Crippen molar-refractivity contribution in [3.8, 4) is 39.1 Å².